The highest BCUT2D eigenvalue weighted by Crippen LogP contribution is 2.15. The predicted molar refractivity (Wildman–Crippen MR) is 53.1 cm³/mol. The van der Waals surface area contributed by atoms with E-state index in [9.17, 15) is 8.78 Å². The van der Waals surface area contributed by atoms with Gasteiger partial charge in [0, 0.05) is 10.7 Å². The number of rotatable bonds is 2. The molecular weight excluding hydrogens is 272 g/mol. The molecule has 1 heterocycles. The Labute approximate surface area is 92.3 Å². The molecule has 0 aromatic carbocycles. The van der Waals surface area contributed by atoms with Gasteiger partial charge in [0.15, 0.2) is 5.84 Å². The van der Waals surface area contributed by atoms with E-state index in [0.29, 0.717) is 9.04 Å². The highest BCUT2D eigenvalue weighted by Gasteiger charge is 2.35. The number of alkyl halides is 2. The molecule has 0 aliphatic carbocycles. The van der Waals surface area contributed by atoms with Crippen LogP contribution in [-0.2, 0) is 0 Å². The second kappa shape index (κ2) is 4.19. The molecule has 15 heavy (non-hydrogen) atoms. The molecule has 0 saturated heterocycles. The predicted octanol–water partition coefficient (Wildman–Crippen LogP) is 1.18. The number of pyridine rings is 1. The molecule has 0 fully saturated rings. The second-order valence-corrected chi connectivity index (χ2v) is 3.73. The third-order valence-corrected chi connectivity index (χ3v) is 2.17. The maximum atomic E-state index is 12.9. The van der Waals surface area contributed by atoms with Crippen molar-refractivity contribution in [3.63, 3.8) is 0 Å². The summed E-state index contributed by atoms with van der Waals surface area (Å²) in [6.45, 7) is -1.45. The Hall–Kier alpha value is -1.08. The quantitative estimate of drug-likeness (QED) is 0.552. The van der Waals surface area contributed by atoms with E-state index in [-0.39, 0.29) is 5.49 Å². The molecule has 0 unspecified atom stereocenters. The van der Waals surface area contributed by atoms with Crippen molar-refractivity contribution in [2.45, 2.75) is 5.92 Å². The minimum absolute atomic E-state index is 0.253. The van der Waals surface area contributed by atoms with Crippen molar-refractivity contribution in [2.24, 2.45) is 0 Å². The summed E-state index contributed by atoms with van der Waals surface area (Å²) in [5, 5.41) is 22.9. The van der Waals surface area contributed by atoms with E-state index in [2.05, 4.69) is 15.9 Å². The number of nitrogens with one attached hydrogen (secondary N) is 2. The van der Waals surface area contributed by atoms with E-state index in [1.165, 1.54) is 18.3 Å². The van der Waals surface area contributed by atoms with Gasteiger partial charge >= 0.3 is 5.92 Å². The number of hydrogen-bond acceptors (Lipinski definition) is 3. The number of nitrogens with zero attached hydrogens (tertiary/aromatic N) is 1. The number of aromatic nitrogens is 1. The van der Waals surface area contributed by atoms with E-state index in [0.717, 1.165) is 0 Å². The Bertz CT molecular complexity index is 444. The lowest BCUT2D eigenvalue weighted by atomic mass is 10.3. The van der Waals surface area contributed by atoms with Gasteiger partial charge in [-0.05, 0) is 28.1 Å². The van der Waals surface area contributed by atoms with Gasteiger partial charge in [-0.1, -0.05) is 0 Å². The van der Waals surface area contributed by atoms with Gasteiger partial charge in [0.1, 0.15) is 12.1 Å². The van der Waals surface area contributed by atoms with Crippen LogP contribution in [0.4, 0.5) is 8.78 Å². The molecular formula is C8H8BrF2N3O. The fraction of sp³-hybridized carbons (Fsp3) is 0.250. The molecule has 0 bridgehead atoms. The van der Waals surface area contributed by atoms with Crippen molar-refractivity contribution in [3.8, 4) is 0 Å². The maximum Gasteiger partial charge on any atom is 0.327 e. The highest BCUT2D eigenvalue weighted by molar-refractivity contribution is 9.10. The van der Waals surface area contributed by atoms with Crippen LogP contribution in [0.3, 0.4) is 0 Å². The standard InChI is InChI=1S/C8H8BrF2N3O/c9-5-1-2-6(12)14(3-5)7(13)8(10,11)4-15/h1-3,12-13,15H,4H2. The average molecular weight is 280 g/mol. The van der Waals surface area contributed by atoms with Gasteiger partial charge in [0.05, 0.1) is 0 Å². The van der Waals surface area contributed by atoms with Gasteiger partial charge in [-0.3, -0.25) is 15.4 Å². The minimum atomic E-state index is -3.65. The first-order chi connectivity index (χ1) is 6.88. The molecule has 1 aromatic rings. The minimum Gasteiger partial charge on any atom is -0.390 e. The fourth-order valence-electron chi connectivity index (χ4n) is 0.911. The summed E-state index contributed by atoms with van der Waals surface area (Å²) in [5.74, 6) is -4.78. The maximum absolute atomic E-state index is 12.9. The lowest BCUT2D eigenvalue weighted by Crippen LogP contribution is -2.41. The topological polar surface area (TPSA) is 72.9 Å². The summed E-state index contributed by atoms with van der Waals surface area (Å²) in [6.07, 6.45) is 1.17. The van der Waals surface area contributed by atoms with Crippen molar-refractivity contribution in [1.29, 1.82) is 10.8 Å². The summed E-state index contributed by atoms with van der Waals surface area (Å²) in [6, 6.07) is 2.77. The first-order valence-electron chi connectivity index (χ1n) is 3.89. The molecule has 1 aromatic heterocycles. The third kappa shape index (κ3) is 2.48. The molecule has 0 spiro atoms. The Balaban J connectivity index is 3.23. The van der Waals surface area contributed by atoms with Crippen molar-refractivity contribution in [1.82, 2.24) is 4.57 Å². The lowest BCUT2D eigenvalue weighted by molar-refractivity contribution is 0.0101. The van der Waals surface area contributed by atoms with Crippen LogP contribution >= 0.6 is 15.9 Å². The molecule has 0 atom stereocenters. The number of halogens is 3. The van der Waals surface area contributed by atoms with Crippen molar-refractivity contribution in [2.75, 3.05) is 6.61 Å². The van der Waals surface area contributed by atoms with Gasteiger partial charge in [0.2, 0.25) is 0 Å². The van der Waals surface area contributed by atoms with Crippen LogP contribution in [0.5, 0.6) is 0 Å². The van der Waals surface area contributed by atoms with Crippen LogP contribution in [0.2, 0.25) is 0 Å². The Morgan fingerprint density at radius 3 is 2.67 bits per heavy atom. The molecule has 0 radical (unpaired) electrons. The van der Waals surface area contributed by atoms with Crippen LogP contribution in [-0.4, -0.2) is 28.0 Å². The van der Waals surface area contributed by atoms with Gasteiger partial charge in [-0.15, -0.1) is 0 Å². The van der Waals surface area contributed by atoms with Crippen molar-refractivity contribution < 1.29 is 13.9 Å². The van der Waals surface area contributed by atoms with Crippen molar-refractivity contribution >= 4 is 21.8 Å². The zero-order chi connectivity index (χ0) is 11.6. The molecule has 7 heteroatoms. The lowest BCUT2D eigenvalue weighted by Gasteiger charge is -2.16. The molecule has 0 saturated carbocycles. The number of aliphatic hydroxyl groups excluding tert-OH is 1. The molecule has 1 rings (SSSR count). The number of aliphatic hydroxyl groups is 1. The first-order valence-corrected chi connectivity index (χ1v) is 4.68. The monoisotopic (exact) mass is 279 g/mol. The Kier molecular flexibility index (Phi) is 3.35. The highest BCUT2D eigenvalue weighted by atomic mass is 79.9. The molecule has 3 N–H and O–H groups in total. The molecule has 0 aliphatic heterocycles. The molecule has 0 aliphatic rings. The summed E-state index contributed by atoms with van der Waals surface area (Å²) in [7, 11) is 0. The second-order valence-electron chi connectivity index (χ2n) is 2.81. The van der Waals surface area contributed by atoms with Gasteiger partial charge in [-0.25, -0.2) is 0 Å². The Morgan fingerprint density at radius 2 is 2.13 bits per heavy atom. The summed E-state index contributed by atoms with van der Waals surface area (Å²) < 4.78 is 27.1. The van der Waals surface area contributed by atoms with E-state index in [1.54, 1.807) is 0 Å². The van der Waals surface area contributed by atoms with Crippen LogP contribution in [0.1, 0.15) is 0 Å². The van der Waals surface area contributed by atoms with Crippen LogP contribution in [0.25, 0.3) is 0 Å². The Morgan fingerprint density at radius 1 is 1.53 bits per heavy atom. The van der Waals surface area contributed by atoms with E-state index in [1.807, 2.05) is 0 Å². The summed E-state index contributed by atoms with van der Waals surface area (Å²) >= 11 is 3.05. The third-order valence-electron chi connectivity index (χ3n) is 1.70. The summed E-state index contributed by atoms with van der Waals surface area (Å²) in [5.41, 5.74) is -0.253. The van der Waals surface area contributed by atoms with Gasteiger partial charge in [0.25, 0.3) is 0 Å². The average Bonchev–Trinajstić information content (AvgIpc) is 2.20. The fourth-order valence-corrected chi connectivity index (χ4v) is 1.25. The largest absolute Gasteiger partial charge is 0.390 e. The molecule has 4 nitrogen and oxygen atoms in total. The smallest absolute Gasteiger partial charge is 0.327 e. The number of hydrogen-bond donors (Lipinski definition) is 3. The molecule has 82 valence electrons. The zero-order valence-corrected chi connectivity index (χ0v) is 9.05. The van der Waals surface area contributed by atoms with Crippen LogP contribution < -0.4 is 5.49 Å². The van der Waals surface area contributed by atoms with Crippen LogP contribution in [0, 0.1) is 10.8 Å². The van der Waals surface area contributed by atoms with E-state index in [4.69, 9.17) is 15.9 Å². The SMILES string of the molecule is N=C(n1cc(Br)ccc1=N)C(F)(F)CO. The normalized spacial score (nSPS) is 11.5. The molecule has 0 amide bonds. The zero-order valence-electron chi connectivity index (χ0n) is 7.47. The first kappa shape index (κ1) is 12.0. The summed E-state index contributed by atoms with van der Waals surface area (Å²) in [4.78, 5) is 0. The van der Waals surface area contributed by atoms with Crippen molar-refractivity contribution in [3.05, 3.63) is 28.3 Å². The van der Waals surface area contributed by atoms with E-state index >= 15 is 0 Å². The van der Waals surface area contributed by atoms with E-state index < -0.39 is 18.4 Å². The van der Waals surface area contributed by atoms with Gasteiger partial charge in [-0.2, -0.15) is 8.78 Å². The van der Waals surface area contributed by atoms with Crippen LogP contribution in [0.15, 0.2) is 22.8 Å². The van der Waals surface area contributed by atoms with Gasteiger partial charge < -0.3 is 5.11 Å².